The fraction of sp³-hybridized carbons (Fsp3) is 0.200. The Kier molecular flexibility index (Phi) is 6.20. The first-order valence-corrected chi connectivity index (χ1v) is 9.99. The maximum atomic E-state index is 12.5. The van der Waals surface area contributed by atoms with Crippen LogP contribution in [0.15, 0.2) is 72.8 Å². The molecule has 5 nitrogen and oxygen atoms in total. The molecular weight excluding hydrogens is 378 g/mol. The van der Waals surface area contributed by atoms with E-state index in [-0.39, 0.29) is 18.3 Å². The molecule has 1 saturated heterocycles. The van der Waals surface area contributed by atoms with Crippen molar-refractivity contribution in [3.8, 4) is 5.75 Å². The zero-order valence-electron chi connectivity index (χ0n) is 16.6. The van der Waals surface area contributed by atoms with Crippen molar-refractivity contribution in [2.24, 2.45) is 0 Å². The zero-order valence-corrected chi connectivity index (χ0v) is 16.6. The third kappa shape index (κ3) is 4.75. The van der Waals surface area contributed by atoms with Gasteiger partial charge < -0.3 is 14.4 Å². The van der Waals surface area contributed by atoms with Crippen LogP contribution in [0.5, 0.6) is 5.75 Å². The van der Waals surface area contributed by atoms with Crippen LogP contribution in [0.1, 0.15) is 15.9 Å². The monoisotopic (exact) mass is 401 g/mol. The summed E-state index contributed by atoms with van der Waals surface area (Å²) < 4.78 is 10.8. The third-order valence-corrected chi connectivity index (χ3v) is 5.10. The number of allylic oxidation sites excluding steroid dienone is 1. The van der Waals surface area contributed by atoms with Crippen LogP contribution in [0.2, 0.25) is 0 Å². The Labute approximate surface area is 175 Å². The molecule has 30 heavy (non-hydrogen) atoms. The van der Waals surface area contributed by atoms with Crippen LogP contribution in [0.4, 0.5) is 0 Å². The summed E-state index contributed by atoms with van der Waals surface area (Å²) in [6.07, 6.45) is 3.43. The molecular formula is C25H23NO4. The Morgan fingerprint density at radius 3 is 2.47 bits per heavy atom. The van der Waals surface area contributed by atoms with Gasteiger partial charge in [-0.2, -0.15) is 0 Å². The lowest BCUT2D eigenvalue weighted by atomic mass is 10.0. The number of carbonyl (C=O) groups is 2. The van der Waals surface area contributed by atoms with Crippen LogP contribution in [0.25, 0.3) is 16.8 Å². The summed E-state index contributed by atoms with van der Waals surface area (Å²) in [5, 5.41) is 2.25. The summed E-state index contributed by atoms with van der Waals surface area (Å²) in [5.41, 5.74) is 1.57. The molecule has 0 N–H and O–H groups in total. The van der Waals surface area contributed by atoms with Crippen molar-refractivity contribution >= 4 is 28.5 Å². The largest absolute Gasteiger partial charge is 0.484 e. The van der Waals surface area contributed by atoms with E-state index in [0.29, 0.717) is 37.6 Å². The van der Waals surface area contributed by atoms with E-state index in [0.717, 1.165) is 16.3 Å². The highest BCUT2D eigenvalue weighted by atomic mass is 16.5. The maximum Gasteiger partial charge on any atom is 0.260 e. The Morgan fingerprint density at radius 1 is 0.933 bits per heavy atom. The minimum absolute atomic E-state index is 0.0196. The van der Waals surface area contributed by atoms with Crippen molar-refractivity contribution < 1.29 is 19.1 Å². The third-order valence-electron chi connectivity index (χ3n) is 5.10. The quantitative estimate of drug-likeness (QED) is 0.463. The summed E-state index contributed by atoms with van der Waals surface area (Å²) in [4.78, 5) is 26.4. The number of ether oxygens (including phenoxy) is 2. The van der Waals surface area contributed by atoms with Crippen molar-refractivity contribution in [1.82, 2.24) is 4.90 Å². The molecule has 152 valence electrons. The van der Waals surface area contributed by atoms with Gasteiger partial charge in [-0.15, -0.1) is 0 Å². The van der Waals surface area contributed by atoms with Crippen LogP contribution >= 0.6 is 0 Å². The molecule has 1 aliphatic rings. The van der Waals surface area contributed by atoms with E-state index >= 15 is 0 Å². The molecule has 0 aromatic heterocycles. The van der Waals surface area contributed by atoms with Gasteiger partial charge in [0.05, 0.1) is 13.2 Å². The second-order valence-corrected chi connectivity index (χ2v) is 7.07. The lowest BCUT2D eigenvalue weighted by Gasteiger charge is -2.26. The SMILES string of the molecule is O=C(/C=C/c1cccc2ccccc12)c1ccc(OCC(=O)N2CCOCC2)cc1. The molecule has 0 radical (unpaired) electrons. The minimum Gasteiger partial charge on any atom is -0.484 e. The van der Waals surface area contributed by atoms with Gasteiger partial charge in [0, 0.05) is 18.7 Å². The molecule has 0 atom stereocenters. The molecule has 1 amide bonds. The number of carbonyl (C=O) groups excluding carboxylic acids is 2. The molecule has 1 aliphatic heterocycles. The number of fused-ring (bicyclic) bond motifs is 1. The summed E-state index contributed by atoms with van der Waals surface area (Å²) in [6, 6.07) is 21.0. The molecule has 3 aromatic carbocycles. The van der Waals surface area contributed by atoms with E-state index in [9.17, 15) is 9.59 Å². The number of hydrogen-bond donors (Lipinski definition) is 0. The normalized spacial score (nSPS) is 14.2. The molecule has 0 bridgehead atoms. The number of rotatable bonds is 6. The Balaban J connectivity index is 1.37. The van der Waals surface area contributed by atoms with E-state index in [2.05, 4.69) is 12.1 Å². The van der Waals surface area contributed by atoms with E-state index in [4.69, 9.17) is 9.47 Å². The average molecular weight is 401 g/mol. The highest BCUT2D eigenvalue weighted by Crippen LogP contribution is 2.20. The van der Waals surface area contributed by atoms with Crippen molar-refractivity contribution in [3.63, 3.8) is 0 Å². The van der Waals surface area contributed by atoms with Gasteiger partial charge in [0.1, 0.15) is 5.75 Å². The summed E-state index contributed by atoms with van der Waals surface area (Å²) >= 11 is 0. The van der Waals surface area contributed by atoms with Crippen LogP contribution in [-0.4, -0.2) is 49.5 Å². The number of benzene rings is 3. The summed E-state index contributed by atoms with van der Waals surface area (Å²) in [6.45, 7) is 2.30. The molecule has 4 rings (SSSR count). The second-order valence-electron chi connectivity index (χ2n) is 7.07. The van der Waals surface area contributed by atoms with Gasteiger partial charge in [-0.25, -0.2) is 0 Å². The molecule has 3 aromatic rings. The first-order valence-electron chi connectivity index (χ1n) is 9.99. The van der Waals surface area contributed by atoms with Crippen LogP contribution in [0.3, 0.4) is 0 Å². The number of nitrogens with zero attached hydrogens (tertiary/aromatic N) is 1. The van der Waals surface area contributed by atoms with E-state index in [1.165, 1.54) is 0 Å². The van der Waals surface area contributed by atoms with Crippen molar-refractivity contribution in [1.29, 1.82) is 0 Å². The molecule has 5 heteroatoms. The highest BCUT2D eigenvalue weighted by molar-refractivity contribution is 6.07. The fourth-order valence-electron chi connectivity index (χ4n) is 3.42. The van der Waals surface area contributed by atoms with Crippen molar-refractivity contribution in [2.75, 3.05) is 32.9 Å². The molecule has 0 saturated carbocycles. The van der Waals surface area contributed by atoms with Gasteiger partial charge in [-0.1, -0.05) is 48.5 Å². The maximum absolute atomic E-state index is 12.5. The van der Waals surface area contributed by atoms with E-state index in [1.54, 1.807) is 35.2 Å². The summed E-state index contributed by atoms with van der Waals surface area (Å²) in [7, 11) is 0. The van der Waals surface area contributed by atoms with Gasteiger partial charge in [0.2, 0.25) is 0 Å². The van der Waals surface area contributed by atoms with E-state index in [1.807, 2.05) is 36.4 Å². The van der Waals surface area contributed by atoms with Crippen molar-refractivity contribution in [2.45, 2.75) is 0 Å². The van der Waals surface area contributed by atoms with Gasteiger partial charge in [-0.05, 0) is 46.7 Å². The lowest BCUT2D eigenvalue weighted by Crippen LogP contribution is -2.42. The topological polar surface area (TPSA) is 55.8 Å². The number of hydrogen-bond acceptors (Lipinski definition) is 4. The summed E-state index contributed by atoms with van der Waals surface area (Å²) in [5.74, 6) is 0.418. The second kappa shape index (κ2) is 9.37. The fourth-order valence-corrected chi connectivity index (χ4v) is 3.42. The smallest absolute Gasteiger partial charge is 0.260 e. The molecule has 1 heterocycles. The predicted molar refractivity (Wildman–Crippen MR) is 117 cm³/mol. The van der Waals surface area contributed by atoms with Crippen LogP contribution < -0.4 is 4.74 Å². The zero-order chi connectivity index (χ0) is 20.8. The Morgan fingerprint density at radius 2 is 1.67 bits per heavy atom. The van der Waals surface area contributed by atoms with Crippen molar-refractivity contribution in [3.05, 3.63) is 83.9 Å². The predicted octanol–water partition coefficient (Wildman–Crippen LogP) is 3.97. The van der Waals surface area contributed by atoms with Gasteiger partial charge in [-0.3, -0.25) is 9.59 Å². The Bertz CT molecular complexity index is 1060. The standard InChI is InChI=1S/C25H23NO4/c27-24(13-10-20-6-3-5-19-4-1-2-7-23(19)20)21-8-11-22(12-9-21)30-18-25(28)26-14-16-29-17-15-26/h1-13H,14-18H2/b13-10+. The Hall–Kier alpha value is -3.44. The molecule has 1 fully saturated rings. The first kappa shape index (κ1) is 19.9. The molecule has 0 aliphatic carbocycles. The van der Waals surface area contributed by atoms with Crippen LogP contribution in [0, 0.1) is 0 Å². The first-order chi connectivity index (χ1) is 14.7. The van der Waals surface area contributed by atoms with E-state index < -0.39 is 0 Å². The van der Waals surface area contributed by atoms with Gasteiger partial charge in [0.25, 0.3) is 5.91 Å². The van der Waals surface area contributed by atoms with Gasteiger partial charge in [0.15, 0.2) is 12.4 Å². The lowest BCUT2D eigenvalue weighted by molar-refractivity contribution is -0.137. The average Bonchev–Trinajstić information content (AvgIpc) is 2.82. The van der Waals surface area contributed by atoms with Gasteiger partial charge >= 0.3 is 0 Å². The number of amides is 1. The molecule has 0 unspecified atom stereocenters. The highest BCUT2D eigenvalue weighted by Gasteiger charge is 2.17. The number of morpholine rings is 1. The van der Waals surface area contributed by atoms with Crippen LogP contribution in [-0.2, 0) is 9.53 Å². The number of ketones is 1. The minimum atomic E-state index is -0.0844. The molecule has 0 spiro atoms.